The Bertz CT molecular complexity index is 2700. The Morgan fingerprint density at radius 2 is 1.06 bits per heavy atom. The van der Waals surface area contributed by atoms with E-state index in [1.807, 2.05) is 158 Å². The molecule has 5 heterocycles. The zero-order valence-corrected chi connectivity index (χ0v) is 28.7. The van der Waals surface area contributed by atoms with Crippen molar-refractivity contribution in [3.8, 4) is 0 Å². The van der Waals surface area contributed by atoms with Gasteiger partial charge in [-0.25, -0.2) is 14.8 Å². The number of aromatic nitrogens is 1. The van der Waals surface area contributed by atoms with Gasteiger partial charge < -0.3 is 15.4 Å². The largest absolute Gasteiger partial charge is 0.476 e. The van der Waals surface area contributed by atoms with E-state index in [1.165, 1.54) is 6.08 Å². The predicted molar refractivity (Wildman–Crippen MR) is 210 cm³/mol. The second kappa shape index (κ2) is 13.0. The predicted octanol–water partition coefficient (Wildman–Crippen LogP) is 6.23. The molecule has 54 heavy (non-hydrogen) atoms. The van der Waals surface area contributed by atoms with E-state index >= 15 is 0 Å². The summed E-state index contributed by atoms with van der Waals surface area (Å²) in [4.78, 5) is 40.1. The number of aliphatic imine (C=N–C) groups is 2. The van der Waals surface area contributed by atoms with E-state index in [-0.39, 0.29) is 5.70 Å². The zero-order chi connectivity index (χ0) is 36.8. The summed E-state index contributed by atoms with van der Waals surface area (Å²) in [5.41, 5.74) is 5.63. The maximum atomic E-state index is 13.5. The molecule has 5 aromatic rings. The molecule has 4 aliphatic rings. The summed E-state index contributed by atoms with van der Waals surface area (Å²) in [6.45, 7) is 0. The summed E-state index contributed by atoms with van der Waals surface area (Å²) in [6.07, 6.45) is 8.73. The molecular formula is C45H31N5O4. The number of carboxylic acids is 1. The molecule has 0 saturated heterocycles. The van der Waals surface area contributed by atoms with Crippen molar-refractivity contribution in [1.82, 2.24) is 10.3 Å². The lowest BCUT2D eigenvalue weighted by atomic mass is 9.83. The van der Waals surface area contributed by atoms with E-state index in [0.29, 0.717) is 45.1 Å². The highest BCUT2D eigenvalue weighted by Crippen LogP contribution is 2.43. The van der Waals surface area contributed by atoms with Gasteiger partial charge in [0.15, 0.2) is 0 Å². The van der Waals surface area contributed by atoms with Crippen LogP contribution in [0.3, 0.4) is 0 Å². The number of fused-ring (bicyclic) bond motifs is 6. The van der Waals surface area contributed by atoms with Crippen LogP contribution in [0.2, 0.25) is 0 Å². The van der Waals surface area contributed by atoms with Gasteiger partial charge in [-0.1, -0.05) is 121 Å². The maximum absolute atomic E-state index is 13.5. The topological polar surface area (TPSA) is 133 Å². The number of hydrogen-bond acceptors (Lipinski definition) is 6. The van der Waals surface area contributed by atoms with E-state index in [1.54, 1.807) is 0 Å². The van der Waals surface area contributed by atoms with Gasteiger partial charge in [-0.3, -0.25) is 10.1 Å². The van der Waals surface area contributed by atoms with Crippen molar-refractivity contribution in [2.75, 3.05) is 0 Å². The minimum atomic E-state index is -2.61. The molecule has 0 radical (unpaired) electrons. The van der Waals surface area contributed by atoms with Crippen LogP contribution in [0.5, 0.6) is 0 Å². The van der Waals surface area contributed by atoms with E-state index in [0.717, 1.165) is 33.0 Å². The second-order valence-electron chi connectivity index (χ2n) is 13.2. The molecule has 4 aromatic carbocycles. The number of H-pyrrole nitrogens is 1. The van der Waals surface area contributed by atoms with Crippen LogP contribution in [0.1, 0.15) is 22.3 Å². The highest BCUT2D eigenvalue weighted by molar-refractivity contribution is 6.31. The molecule has 260 valence electrons. The Morgan fingerprint density at radius 3 is 1.54 bits per heavy atom. The number of allylic oxidation sites excluding steroid dienone is 5. The van der Waals surface area contributed by atoms with Crippen molar-refractivity contribution in [2.45, 2.75) is 11.6 Å². The summed E-state index contributed by atoms with van der Waals surface area (Å²) in [7, 11) is 0. The number of hydrogen-bond donors (Lipinski definition) is 3. The molecule has 0 aliphatic carbocycles. The summed E-state index contributed by atoms with van der Waals surface area (Å²) in [5.74, 6) is -1.60. The number of rotatable bonds is 6. The first kappa shape index (κ1) is 32.5. The lowest BCUT2D eigenvalue weighted by Crippen LogP contribution is -2.56. The Hall–Kier alpha value is -7.39. The van der Waals surface area contributed by atoms with Crippen molar-refractivity contribution in [1.29, 1.82) is 0 Å². The molecule has 2 unspecified atom stereocenters. The number of carbonyl (C=O) groups is 1. The zero-order valence-electron chi connectivity index (χ0n) is 28.7. The molecular weight excluding hydrogens is 675 g/mol. The molecule has 4 aliphatic heterocycles. The van der Waals surface area contributed by atoms with Crippen LogP contribution in [-0.2, 0) is 4.79 Å². The molecule has 0 amide bonds. The first-order valence-electron chi connectivity index (χ1n) is 17.5. The van der Waals surface area contributed by atoms with Gasteiger partial charge in [0.2, 0.25) is 0 Å². The van der Waals surface area contributed by atoms with E-state index in [2.05, 4.69) is 10.3 Å². The van der Waals surface area contributed by atoms with Gasteiger partial charge in [0.25, 0.3) is 0 Å². The van der Waals surface area contributed by atoms with Crippen LogP contribution in [-0.4, -0.2) is 44.0 Å². The van der Waals surface area contributed by atoms with Crippen LogP contribution in [0.4, 0.5) is 0 Å². The minimum absolute atomic E-state index is 0.280. The van der Waals surface area contributed by atoms with E-state index in [9.17, 15) is 20.0 Å². The SMILES string of the molecule is O=C(O)C1([N+](=O)[O-])C=C2NC1/C(c1ccccc1)=C1/C=CC(=N1)/C(c1ccccc1)=c1/cc/c([nH]1)=C(\c1ccccc1)C1=N/C(=C\2c2ccccc2)C=C1. The third kappa shape index (κ3) is 5.29. The first-order chi connectivity index (χ1) is 26.4. The average molecular weight is 706 g/mol. The molecule has 9 nitrogen and oxygen atoms in total. The van der Waals surface area contributed by atoms with Crippen LogP contribution < -0.4 is 16.0 Å². The highest BCUT2D eigenvalue weighted by atomic mass is 16.6. The van der Waals surface area contributed by atoms with Crippen molar-refractivity contribution in [2.24, 2.45) is 9.98 Å². The molecule has 0 fully saturated rings. The van der Waals surface area contributed by atoms with Crippen LogP contribution in [0.15, 0.2) is 191 Å². The number of nitrogens with one attached hydrogen (secondary N) is 2. The van der Waals surface area contributed by atoms with Gasteiger partial charge in [-0.2, -0.15) is 0 Å². The van der Waals surface area contributed by atoms with Gasteiger partial charge in [0.1, 0.15) is 6.04 Å². The molecule has 0 spiro atoms. The summed E-state index contributed by atoms with van der Waals surface area (Å²) < 4.78 is 0. The fourth-order valence-electron chi connectivity index (χ4n) is 7.67. The van der Waals surface area contributed by atoms with Gasteiger partial charge in [0.05, 0.1) is 22.8 Å². The molecule has 9 rings (SSSR count). The maximum Gasteiger partial charge on any atom is 0.389 e. The Balaban J connectivity index is 1.45. The normalized spacial score (nSPS) is 24.8. The lowest BCUT2D eigenvalue weighted by Gasteiger charge is -2.26. The van der Waals surface area contributed by atoms with Gasteiger partial charge in [-0.05, 0) is 58.7 Å². The fraction of sp³-hybridized carbons (Fsp3) is 0.0444. The van der Waals surface area contributed by atoms with Gasteiger partial charge in [-0.15, -0.1) is 0 Å². The van der Waals surface area contributed by atoms with Gasteiger partial charge in [0, 0.05) is 49.7 Å². The number of nitrogens with zero attached hydrogens (tertiary/aromatic N) is 3. The fourth-order valence-corrected chi connectivity index (χ4v) is 7.67. The molecule has 8 bridgehead atoms. The lowest BCUT2D eigenvalue weighted by molar-refractivity contribution is -0.540. The monoisotopic (exact) mass is 705 g/mol. The van der Waals surface area contributed by atoms with Gasteiger partial charge >= 0.3 is 11.5 Å². The third-order valence-electron chi connectivity index (χ3n) is 10.1. The average Bonchev–Trinajstić information content (AvgIpc) is 4.03. The molecule has 2 atom stereocenters. The quantitative estimate of drug-likeness (QED) is 0.142. The highest BCUT2D eigenvalue weighted by Gasteiger charge is 2.62. The van der Waals surface area contributed by atoms with Crippen molar-refractivity contribution >= 4 is 39.7 Å². The Labute approximate surface area is 309 Å². The molecule has 1 aromatic heterocycles. The van der Waals surface area contributed by atoms with Crippen LogP contribution in [0.25, 0.3) is 22.3 Å². The molecule has 3 N–H and O–H groups in total. The van der Waals surface area contributed by atoms with E-state index < -0.39 is 22.5 Å². The number of aliphatic carboxylic acids is 1. The molecule has 9 heteroatoms. The van der Waals surface area contributed by atoms with E-state index in [4.69, 9.17) is 9.98 Å². The number of carboxylic acid groups (broad SMARTS) is 1. The Morgan fingerprint density at radius 1 is 0.611 bits per heavy atom. The minimum Gasteiger partial charge on any atom is -0.476 e. The van der Waals surface area contributed by atoms with Crippen molar-refractivity contribution in [3.05, 3.63) is 224 Å². The summed E-state index contributed by atoms with van der Waals surface area (Å²) >= 11 is 0. The number of nitro groups is 1. The number of benzene rings is 4. The Kier molecular flexibility index (Phi) is 7.82. The second-order valence-corrected chi connectivity index (χ2v) is 13.2. The molecule has 0 saturated carbocycles. The third-order valence-corrected chi connectivity index (χ3v) is 10.1. The van der Waals surface area contributed by atoms with Crippen LogP contribution in [0, 0.1) is 10.1 Å². The first-order valence-corrected chi connectivity index (χ1v) is 17.5. The standard InChI is InChI=1S/C45H31N5O4/c51-44(52)45(50(53)54)27-38-41(30-17-9-3-10-18-30)36-24-23-34(47-36)39(28-13-5-1-6-14-28)32-21-22-33(46-32)40(29-15-7-2-8-16-29)35-25-26-37(48-35)42(43(45)49-38)31-19-11-4-12-20-31/h1-27,43,46,49H,(H,51,52)/b39-32-,40-33-,41-36-,42-37-. The number of aromatic amines is 1. The smallest absolute Gasteiger partial charge is 0.389 e. The van der Waals surface area contributed by atoms with Crippen molar-refractivity contribution in [3.63, 3.8) is 0 Å². The summed E-state index contributed by atoms with van der Waals surface area (Å²) in [6, 6.07) is 41.1. The van der Waals surface area contributed by atoms with Crippen molar-refractivity contribution < 1.29 is 14.8 Å². The van der Waals surface area contributed by atoms with Crippen LogP contribution >= 0.6 is 0 Å². The summed E-state index contributed by atoms with van der Waals surface area (Å²) in [5, 5.41) is 29.3.